The number of aryl methyl sites for hydroxylation is 1. The highest BCUT2D eigenvalue weighted by atomic mass is 32.2. The number of rotatable bonds is 6. The van der Waals surface area contributed by atoms with E-state index < -0.39 is 14.6 Å². The molecule has 2 fully saturated rings. The minimum Gasteiger partial charge on any atom is -0.372 e. The van der Waals surface area contributed by atoms with Crippen LogP contribution in [0.3, 0.4) is 0 Å². The zero-order valence-corrected chi connectivity index (χ0v) is 20.4. The topological polar surface area (TPSA) is 46.6 Å². The van der Waals surface area contributed by atoms with Crippen LogP contribution in [0.4, 0.5) is 5.69 Å². The van der Waals surface area contributed by atoms with Gasteiger partial charge >= 0.3 is 0 Å². The Morgan fingerprint density at radius 1 is 1.00 bits per heavy atom. The van der Waals surface area contributed by atoms with Crippen molar-refractivity contribution in [2.24, 2.45) is 11.8 Å². The fraction of sp³-hybridized carbons (Fsp3) is 0.760. The van der Waals surface area contributed by atoms with Crippen molar-refractivity contribution in [3.8, 4) is 0 Å². The number of hydrogen-bond donors (Lipinski definition) is 0. The van der Waals surface area contributed by atoms with Crippen LogP contribution >= 0.6 is 0 Å². The number of morpholine rings is 1. The number of anilines is 1. The van der Waals surface area contributed by atoms with E-state index in [0.29, 0.717) is 11.7 Å². The van der Waals surface area contributed by atoms with Crippen LogP contribution in [0.2, 0.25) is 0 Å². The second-order valence-electron chi connectivity index (χ2n) is 10.7. The highest BCUT2D eigenvalue weighted by Crippen LogP contribution is 2.34. The largest absolute Gasteiger partial charge is 0.372 e. The predicted octanol–water partition coefficient (Wildman–Crippen LogP) is 5.25. The third kappa shape index (κ3) is 6.23. The predicted molar refractivity (Wildman–Crippen MR) is 126 cm³/mol. The van der Waals surface area contributed by atoms with Gasteiger partial charge in [-0.15, -0.1) is 0 Å². The van der Waals surface area contributed by atoms with Crippen LogP contribution in [0.5, 0.6) is 0 Å². The van der Waals surface area contributed by atoms with Gasteiger partial charge in [-0.1, -0.05) is 25.0 Å². The lowest BCUT2D eigenvalue weighted by Crippen LogP contribution is -2.45. The van der Waals surface area contributed by atoms with Crippen LogP contribution < -0.4 is 4.90 Å². The first kappa shape index (κ1) is 23.6. The lowest BCUT2D eigenvalue weighted by Gasteiger charge is -2.37. The van der Waals surface area contributed by atoms with Gasteiger partial charge in [0.2, 0.25) is 0 Å². The second-order valence-corrected chi connectivity index (χ2v) is 13.4. The Morgan fingerprint density at radius 3 is 2.20 bits per heavy atom. The van der Waals surface area contributed by atoms with Gasteiger partial charge in [-0.2, -0.15) is 0 Å². The maximum absolute atomic E-state index is 12.5. The standard InChI is InChI=1S/C25H41NO3S/c1-19-16-26(17-20(2)29-19)24-8-6-7-22(15-24)12-9-21-10-13-23(14-11-21)18-30(27,28)25(3,4)5/h6-8,15,19-21,23H,9-14,16-18H2,1-5H3/t19-,20+,21?,23?. The molecule has 4 nitrogen and oxygen atoms in total. The number of nitrogens with zero attached hydrogens (tertiary/aromatic N) is 1. The van der Waals surface area contributed by atoms with E-state index in [2.05, 4.69) is 43.0 Å². The summed E-state index contributed by atoms with van der Waals surface area (Å²) in [6, 6.07) is 9.00. The lowest BCUT2D eigenvalue weighted by atomic mass is 9.80. The average molecular weight is 436 g/mol. The van der Waals surface area contributed by atoms with Crippen LogP contribution in [-0.4, -0.2) is 44.2 Å². The van der Waals surface area contributed by atoms with E-state index in [1.807, 2.05) is 20.8 Å². The summed E-state index contributed by atoms with van der Waals surface area (Å²) in [7, 11) is -3.01. The van der Waals surface area contributed by atoms with Gasteiger partial charge in [0, 0.05) is 18.8 Å². The number of benzene rings is 1. The summed E-state index contributed by atoms with van der Waals surface area (Å²) < 4.78 is 30.2. The van der Waals surface area contributed by atoms with E-state index in [9.17, 15) is 8.42 Å². The number of sulfone groups is 1. The van der Waals surface area contributed by atoms with Crippen LogP contribution in [-0.2, 0) is 21.0 Å². The van der Waals surface area contributed by atoms with E-state index in [-0.39, 0.29) is 12.2 Å². The molecule has 0 bridgehead atoms. The van der Waals surface area contributed by atoms with Crippen LogP contribution in [0.1, 0.15) is 72.3 Å². The summed E-state index contributed by atoms with van der Waals surface area (Å²) in [5.41, 5.74) is 2.72. The summed E-state index contributed by atoms with van der Waals surface area (Å²) in [6.07, 6.45) is 7.32. The van der Waals surface area contributed by atoms with Crippen molar-refractivity contribution in [1.29, 1.82) is 0 Å². The van der Waals surface area contributed by atoms with Crippen molar-refractivity contribution in [1.82, 2.24) is 0 Å². The number of hydrogen-bond acceptors (Lipinski definition) is 4. The Kier molecular flexibility index (Phi) is 7.55. The van der Waals surface area contributed by atoms with Gasteiger partial charge in [-0.05, 0) is 89.8 Å². The molecule has 1 aromatic carbocycles. The van der Waals surface area contributed by atoms with Crippen LogP contribution in [0, 0.1) is 11.8 Å². The van der Waals surface area contributed by atoms with Gasteiger partial charge in [-0.3, -0.25) is 0 Å². The molecule has 170 valence electrons. The summed E-state index contributed by atoms with van der Waals surface area (Å²) >= 11 is 0. The molecule has 1 aliphatic heterocycles. The van der Waals surface area contributed by atoms with Gasteiger partial charge in [-0.25, -0.2) is 8.42 Å². The SMILES string of the molecule is C[C@@H]1CN(c2cccc(CCC3CCC(CS(=O)(=O)C(C)(C)C)CC3)c2)C[C@H](C)O1. The molecule has 0 amide bonds. The van der Waals surface area contributed by atoms with Crippen LogP contribution in [0.15, 0.2) is 24.3 Å². The highest BCUT2D eigenvalue weighted by Gasteiger charge is 2.33. The molecule has 0 aromatic heterocycles. The minimum atomic E-state index is -3.01. The Labute approximate surface area is 184 Å². The zero-order valence-electron chi connectivity index (χ0n) is 19.6. The van der Waals surface area contributed by atoms with E-state index in [0.717, 1.165) is 38.3 Å². The Balaban J connectivity index is 1.48. The normalized spacial score (nSPS) is 28.5. The molecule has 30 heavy (non-hydrogen) atoms. The van der Waals surface area contributed by atoms with E-state index >= 15 is 0 Å². The first-order valence-electron chi connectivity index (χ1n) is 11.7. The molecular weight excluding hydrogens is 394 g/mol. The molecular formula is C25H41NO3S. The van der Waals surface area contributed by atoms with Gasteiger partial charge in [0.1, 0.15) is 0 Å². The van der Waals surface area contributed by atoms with Crippen molar-refractivity contribution in [3.63, 3.8) is 0 Å². The van der Waals surface area contributed by atoms with Gasteiger partial charge < -0.3 is 9.64 Å². The zero-order chi connectivity index (χ0) is 21.9. The molecule has 1 saturated heterocycles. The Morgan fingerprint density at radius 2 is 1.60 bits per heavy atom. The summed E-state index contributed by atoms with van der Waals surface area (Å²) in [5.74, 6) is 1.44. The molecule has 5 heteroatoms. The minimum absolute atomic E-state index is 0.273. The van der Waals surface area contributed by atoms with Crippen molar-refractivity contribution < 1.29 is 13.2 Å². The Bertz CT molecular complexity index is 781. The third-order valence-electron chi connectivity index (χ3n) is 6.89. The average Bonchev–Trinajstić information content (AvgIpc) is 2.66. The summed E-state index contributed by atoms with van der Waals surface area (Å²) in [6.45, 7) is 11.7. The molecule has 1 saturated carbocycles. The Hall–Kier alpha value is -1.07. The maximum Gasteiger partial charge on any atom is 0.155 e. The molecule has 3 rings (SSSR count). The van der Waals surface area contributed by atoms with Gasteiger partial charge in [0.25, 0.3) is 0 Å². The van der Waals surface area contributed by atoms with E-state index in [4.69, 9.17) is 4.74 Å². The van der Waals surface area contributed by atoms with Crippen molar-refractivity contribution >= 4 is 15.5 Å². The first-order valence-corrected chi connectivity index (χ1v) is 13.4. The van der Waals surface area contributed by atoms with Gasteiger partial charge in [0.05, 0.1) is 22.7 Å². The smallest absolute Gasteiger partial charge is 0.155 e. The molecule has 0 N–H and O–H groups in total. The molecule has 0 radical (unpaired) electrons. The molecule has 1 aromatic rings. The van der Waals surface area contributed by atoms with Crippen LogP contribution in [0.25, 0.3) is 0 Å². The monoisotopic (exact) mass is 435 g/mol. The molecule has 0 spiro atoms. The van der Waals surface area contributed by atoms with Crippen molar-refractivity contribution in [2.75, 3.05) is 23.7 Å². The summed E-state index contributed by atoms with van der Waals surface area (Å²) in [4.78, 5) is 2.45. The van der Waals surface area contributed by atoms with Crippen molar-refractivity contribution in [3.05, 3.63) is 29.8 Å². The summed E-state index contributed by atoms with van der Waals surface area (Å²) in [5, 5.41) is 0. The molecule has 0 unspecified atom stereocenters. The van der Waals surface area contributed by atoms with Crippen molar-refractivity contribution in [2.45, 2.75) is 90.1 Å². The van der Waals surface area contributed by atoms with E-state index in [1.165, 1.54) is 30.5 Å². The fourth-order valence-electron chi connectivity index (χ4n) is 4.92. The third-order valence-corrected chi connectivity index (χ3v) is 9.67. The first-order chi connectivity index (χ1) is 14.0. The van der Waals surface area contributed by atoms with E-state index in [1.54, 1.807) is 0 Å². The fourth-order valence-corrected chi connectivity index (χ4v) is 6.37. The quantitative estimate of drug-likeness (QED) is 0.612. The highest BCUT2D eigenvalue weighted by molar-refractivity contribution is 7.92. The number of ether oxygens (including phenoxy) is 1. The lowest BCUT2D eigenvalue weighted by molar-refractivity contribution is -0.00522. The maximum atomic E-state index is 12.5. The molecule has 1 aliphatic carbocycles. The second kappa shape index (κ2) is 9.60. The molecule has 2 aliphatic rings. The molecule has 1 heterocycles. The van der Waals surface area contributed by atoms with Gasteiger partial charge in [0.15, 0.2) is 9.84 Å². The molecule has 2 atom stereocenters.